The molecule has 2 aromatic rings. The summed E-state index contributed by atoms with van der Waals surface area (Å²) >= 11 is 0. The smallest absolute Gasteiger partial charge is 0.339 e. The Labute approximate surface area is 104 Å². The summed E-state index contributed by atoms with van der Waals surface area (Å²) in [5.74, 6) is -1.08. The summed E-state index contributed by atoms with van der Waals surface area (Å²) in [6.45, 7) is 5.37. The van der Waals surface area contributed by atoms with E-state index in [1.165, 1.54) is 10.5 Å². The molecule has 0 unspecified atom stereocenters. The van der Waals surface area contributed by atoms with Gasteiger partial charge in [-0.05, 0) is 32.4 Å². The Balaban J connectivity index is 3.04. The second kappa shape index (κ2) is 4.25. The predicted molar refractivity (Wildman–Crippen MR) is 67.3 cm³/mol. The summed E-state index contributed by atoms with van der Waals surface area (Å²) in [4.78, 5) is 27.7. The zero-order chi connectivity index (χ0) is 13.4. The number of aromatic nitrogens is 2. The number of hydrogen-bond acceptors (Lipinski definition) is 3. The summed E-state index contributed by atoms with van der Waals surface area (Å²) in [5, 5.41) is 9.13. The molecule has 0 atom stereocenters. The molecule has 0 aliphatic rings. The molecular weight excluding hydrogens is 232 g/mol. The van der Waals surface area contributed by atoms with Gasteiger partial charge in [0.2, 0.25) is 0 Å². The molecule has 5 heteroatoms. The lowest BCUT2D eigenvalue weighted by molar-refractivity contribution is 0.0698. The third kappa shape index (κ3) is 1.68. The van der Waals surface area contributed by atoms with Crippen LogP contribution in [0.1, 0.15) is 34.2 Å². The second-order valence-electron chi connectivity index (χ2n) is 4.19. The van der Waals surface area contributed by atoms with Gasteiger partial charge in [-0.25, -0.2) is 9.78 Å². The van der Waals surface area contributed by atoms with Crippen LogP contribution in [0.2, 0.25) is 0 Å². The third-order valence-electron chi connectivity index (χ3n) is 3.05. The van der Waals surface area contributed by atoms with Crippen LogP contribution in [0.15, 0.2) is 16.9 Å². The first-order valence-corrected chi connectivity index (χ1v) is 5.72. The average Bonchev–Trinajstić information content (AvgIpc) is 2.28. The van der Waals surface area contributed by atoms with Crippen LogP contribution in [0, 0.1) is 13.8 Å². The van der Waals surface area contributed by atoms with Crippen LogP contribution in [0.5, 0.6) is 0 Å². The molecule has 18 heavy (non-hydrogen) atoms. The highest BCUT2D eigenvalue weighted by molar-refractivity contribution is 5.94. The highest BCUT2D eigenvalue weighted by Crippen LogP contribution is 2.12. The van der Waals surface area contributed by atoms with Gasteiger partial charge in [-0.3, -0.25) is 9.20 Å². The van der Waals surface area contributed by atoms with Crippen LogP contribution in [-0.4, -0.2) is 20.5 Å². The van der Waals surface area contributed by atoms with Gasteiger partial charge in [0, 0.05) is 17.0 Å². The maximum Gasteiger partial charge on any atom is 0.339 e. The van der Waals surface area contributed by atoms with E-state index in [-0.39, 0.29) is 16.8 Å². The number of aromatic carboxylic acids is 1. The van der Waals surface area contributed by atoms with Crippen LogP contribution < -0.4 is 5.56 Å². The number of pyridine rings is 1. The van der Waals surface area contributed by atoms with Crippen molar-refractivity contribution in [1.29, 1.82) is 0 Å². The molecular formula is C13H14N2O3. The first-order valence-electron chi connectivity index (χ1n) is 5.72. The quantitative estimate of drug-likeness (QED) is 0.873. The minimum Gasteiger partial charge on any atom is -0.478 e. The molecule has 0 fully saturated rings. The van der Waals surface area contributed by atoms with Gasteiger partial charge >= 0.3 is 5.97 Å². The lowest BCUT2D eigenvalue weighted by atomic mass is 10.1. The summed E-state index contributed by atoms with van der Waals surface area (Å²) in [6.07, 6.45) is 0.581. The number of rotatable bonds is 2. The molecule has 0 radical (unpaired) electrons. The molecule has 0 aliphatic carbocycles. The fraction of sp³-hybridized carbons (Fsp3) is 0.308. The van der Waals surface area contributed by atoms with Crippen LogP contribution in [0.3, 0.4) is 0 Å². The summed E-state index contributed by atoms with van der Waals surface area (Å²) in [7, 11) is 0. The molecule has 0 bridgehead atoms. The van der Waals surface area contributed by atoms with E-state index in [0.717, 1.165) is 0 Å². The Morgan fingerprint density at radius 2 is 2.06 bits per heavy atom. The van der Waals surface area contributed by atoms with E-state index < -0.39 is 5.97 Å². The van der Waals surface area contributed by atoms with Crippen molar-refractivity contribution < 1.29 is 9.90 Å². The van der Waals surface area contributed by atoms with E-state index in [1.54, 1.807) is 19.9 Å². The Hall–Kier alpha value is -2.17. The molecule has 0 saturated heterocycles. The fourth-order valence-corrected chi connectivity index (χ4v) is 2.10. The first kappa shape index (κ1) is 12.3. The lowest BCUT2D eigenvalue weighted by Crippen LogP contribution is -2.24. The van der Waals surface area contributed by atoms with Gasteiger partial charge in [0.05, 0.1) is 0 Å². The summed E-state index contributed by atoms with van der Waals surface area (Å²) in [6, 6.07) is 3.10. The standard InChI is InChI=1S/C13H14N2O3/c1-4-9-8(3)14-11-10(13(17)18)6-5-7(2)15(11)12(9)16/h5-6H,4H2,1-3H3,(H,17,18). The normalized spacial score (nSPS) is 10.8. The Morgan fingerprint density at radius 1 is 1.39 bits per heavy atom. The van der Waals surface area contributed by atoms with E-state index in [0.29, 0.717) is 23.4 Å². The van der Waals surface area contributed by atoms with Crippen LogP contribution in [0.4, 0.5) is 0 Å². The van der Waals surface area contributed by atoms with Crippen molar-refractivity contribution in [2.45, 2.75) is 27.2 Å². The van der Waals surface area contributed by atoms with E-state index >= 15 is 0 Å². The van der Waals surface area contributed by atoms with E-state index in [4.69, 9.17) is 5.11 Å². The molecule has 94 valence electrons. The zero-order valence-corrected chi connectivity index (χ0v) is 10.5. The molecule has 0 aromatic carbocycles. The number of nitrogens with zero attached hydrogens (tertiary/aromatic N) is 2. The van der Waals surface area contributed by atoms with Gasteiger partial charge in [-0.1, -0.05) is 6.92 Å². The van der Waals surface area contributed by atoms with Crippen molar-refractivity contribution in [1.82, 2.24) is 9.38 Å². The van der Waals surface area contributed by atoms with E-state index in [1.807, 2.05) is 6.92 Å². The summed E-state index contributed by atoms with van der Waals surface area (Å²) in [5.41, 5.74) is 1.97. The number of fused-ring (bicyclic) bond motifs is 1. The number of aryl methyl sites for hydroxylation is 2. The average molecular weight is 246 g/mol. The van der Waals surface area contributed by atoms with Crippen molar-refractivity contribution in [2.75, 3.05) is 0 Å². The fourth-order valence-electron chi connectivity index (χ4n) is 2.10. The van der Waals surface area contributed by atoms with E-state index in [9.17, 15) is 9.59 Å². The lowest BCUT2D eigenvalue weighted by Gasteiger charge is -2.10. The number of hydrogen-bond donors (Lipinski definition) is 1. The summed E-state index contributed by atoms with van der Waals surface area (Å²) < 4.78 is 1.37. The van der Waals surface area contributed by atoms with Crippen LogP contribution >= 0.6 is 0 Å². The molecule has 2 heterocycles. The molecule has 2 aromatic heterocycles. The number of carbonyl (C=O) groups is 1. The van der Waals surface area contributed by atoms with Gasteiger partial charge in [0.15, 0.2) is 5.65 Å². The van der Waals surface area contributed by atoms with Gasteiger partial charge in [-0.2, -0.15) is 0 Å². The van der Waals surface area contributed by atoms with Crippen molar-refractivity contribution >= 4 is 11.6 Å². The molecule has 5 nitrogen and oxygen atoms in total. The maximum absolute atomic E-state index is 12.3. The Morgan fingerprint density at radius 3 is 2.61 bits per heavy atom. The van der Waals surface area contributed by atoms with Gasteiger partial charge in [-0.15, -0.1) is 0 Å². The predicted octanol–water partition coefficient (Wildman–Crippen LogP) is 1.57. The number of carboxylic acids is 1. The highest BCUT2D eigenvalue weighted by atomic mass is 16.4. The molecule has 0 amide bonds. The zero-order valence-electron chi connectivity index (χ0n) is 10.5. The number of carboxylic acid groups (broad SMARTS) is 1. The molecule has 2 rings (SSSR count). The topological polar surface area (TPSA) is 71.7 Å². The second-order valence-corrected chi connectivity index (χ2v) is 4.19. The minimum atomic E-state index is -1.08. The SMILES string of the molecule is CCc1c(C)nc2c(C(=O)O)ccc(C)n2c1=O. The van der Waals surface area contributed by atoms with Crippen molar-refractivity contribution in [3.05, 3.63) is 45.0 Å². The van der Waals surface area contributed by atoms with Crippen molar-refractivity contribution in [2.24, 2.45) is 0 Å². The maximum atomic E-state index is 12.3. The molecule has 1 N–H and O–H groups in total. The third-order valence-corrected chi connectivity index (χ3v) is 3.05. The first-order chi connectivity index (χ1) is 8.47. The van der Waals surface area contributed by atoms with E-state index in [2.05, 4.69) is 4.98 Å². The Kier molecular flexibility index (Phi) is 2.90. The molecule has 0 aliphatic heterocycles. The Bertz CT molecular complexity index is 701. The molecule has 0 spiro atoms. The van der Waals surface area contributed by atoms with Gasteiger partial charge < -0.3 is 5.11 Å². The van der Waals surface area contributed by atoms with Gasteiger partial charge in [0.25, 0.3) is 5.56 Å². The van der Waals surface area contributed by atoms with Crippen LogP contribution in [0.25, 0.3) is 5.65 Å². The molecule has 0 saturated carbocycles. The minimum absolute atomic E-state index is 0.0449. The monoisotopic (exact) mass is 246 g/mol. The van der Waals surface area contributed by atoms with Crippen molar-refractivity contribution in [3.63, 3.8) is 0 Å². The largest absolute Gasteiger partial charge is 0.478 e. The highest BCUT2D eigenvalue weighted by Gasteiger charge is 2.15. The van der Waals surface area contributed by atoms with Crippen molar-refractivity contribution in [3.8, 4) is 0 Å². The van der Waals surface area contributed by atoms with Crippen LogP contribution in [-0.2, 0) is 6.42 Å². The van der Waals surface area contributed by atoms with Gasteiger partial charge in [0.1, 0.15) is 5.56 Å².